The molecule has 43 heavy (non-hydrogen) atoms. The van der Waals surface area contributed by atoms with Crippen molar-refractivity contribution in [1.82, 2.24) is 24.3 Å². The fourth-order valence-electron chi connectivity index (χ4n) is 6.26. The van der Waals surface area contributed by atoms with Gasteiger partial charge in [0, 0.05) is 63.4 Å². The highest BCUT2D eigenvalue weighted by Gasteiger charge is 2.36. The maximum Gasteiger partial charge on any atom is 0.242 e. The Kier molecular flexibility index (Phi) is 10.4. The number of amides is 3. The minimum atomic E-state index is -3.94. The van der Waals surface area contributed by atoms with Crippen molar-refractivity contribution < 1.29 is 27.5 Å². The van der Waals surface area contributed by atoms with Gasteiger partial charge in [-0.1, -0.05) is 28.1 Å². The standard InChI is InChI=1S/C30H40BrN5O6S/c1-42-17-10-28(37)34-15-13-33(14-16-34)20-25-4-2-12-36(25)29(38)21-35-11-3-5-27(30(35)39)32-43(40,41)26-9-7-22-18-24(31)8-6-23(22)19-26/h6-9,18-19,25,27,32H,2-5,10-17,20-21H2,1H3. The van der Waals surface area contributed by atoms with E-state index in [4.69, 9.17) is 4.74 Å². The Bertz CT molecular complexity index is 1450. The number of nitrogens with zero attached hydrogens (tertiary/aromatic N) is 4. The van der Waals surface area contributed by atoms with Crippen molar-refractivity contribution in [3.05, 3.63) is 40.9 Å². The van der Waals surface area contributed by atoms with Crippen LogP contribution >= 0.6 is 15.9 Å². The van der Waals surface area contributed by atoms with Crippen molar-refractivity contribution in [3.8, 4) is 0 Å². The van der Waals surface area contributed by atoms with E-state index in [2.05, 4.69) is 25.6 Å². The van der Waals surface area contributed by atoms with Gasteiger partial charge < -0.3 is 19.4 Å². The third kappa shape index (κ3) is 7.75. The summed E-state index contributed by atoms with van der Waals surface area (Å²) in [4.78, 5) is 46.7. The average molecular weight is 679 g/mol. The molecule has 3 aliphatic rings. The first-order valence-corrected chi connectivity index (χ1v) is 17.2. The zero-order valence-electron chi connectivity index (χ0n) is 24.5. The Labute approximate surface area is 261 Å². The monoisotopic (exact) mass is 677 g/mol. The number of benzene rings is 2. The molecule has 0 spiro atoms. The predicted molar refractivity (Wildman–Crippen MR) is 166 cm³/mol. The van der Waals surface area contributed by atoms with Crippen LogP contribution in [0.5, 0.6) is 0 Å². The van der Waals surface area contributed by atoms with Gasteiger partial charge >= 0.3 is 0 Å². The van der Waals surface area contributed by atoms with Crippen LogP contribution in [-0.4, -0.2) is 124 Å². The number of carbonyl (C=O) groups excluding carboxylic acids is 3. The van der Waals surface area contributed by atoms with Gasteiger partial charge in [-0.15, -0.1) is 0 Å². The van der Waals surface area contributed by atoms with E-state index in [0.29, 0.717) is 52.0 Å². The van der Waals surface area contributed by atoms with Crippen LogP contribution in [0.4, 0.5) is 0 Å². The van der Waals surface area contributed by atoms with Crippen LogP contribution in [0.1, 0.15) is 32.1 Å². The number of ether oxygens (including phenoxy) is 1. The highest BCUT2D eigenvalue weighted by molar-refractivity contribution is 9.10. The second-order valence-corrected chi connectivity index (χ2v) is 14.2. The van der Waals surface area contributed by atoms with Crippen LogP contribution in [0.2, 0.25) is 0 Å². The summed E-state index contributed by atoms with van der Waals surface area (Å²) in [5.41, 5.74) is 0. The van der Waals surface area contributed by atoms with E-state index in [0.717, 1.165) is 47.7 Å². The van der Waals surface area contributed by atoms with Gasteiger partial charge in [0.05, 0.1) is 24.5 Å². The van der Waals surface area contributed by atoms with Crippen molar-refractivity contribution in [1.29, 1.82) is 0 Å². The third-order valence-corrected chi connectivity index (χ3v) is 10.6. The van der Waals surface area contributed by atoms with Gasteiger partial charge in [0.2, 0.25) is 27.7 Å². The molecule has 3 aliphatic heterocycles. The molecule has 2 aromatic rings. The van der Waals surface area contributed by atoms with Crippen molar-refractivity contribution in [2.24, 2.45) is 0 Å². The molecule has 5 rings (SSSR count). The molecule has 2 atom stereocenters. The Morgan fingerprint density at radius 1 is 0.953 bits per heavy atom. The molecule has 2 aromatic carbocycles. The fraction of sp³-hybridized carbons (Fsp3) is 0.567. The number of likely N-dealkylation sites (tertiary alicyclic amines) is 2. The average Bonchev–Trinajstić information content (AvgIpc) is 3.46. The highest BCUT2D eigenvalue weighted by Crippen LogP contribution is 2.25. The third-order valence-electron chi connectivity index (χ3n) is 8.65. The summed E-state index contributed by atoms with van der Waals surface area (Å²) in [6.07, 6.45) is 3.19. The van der Waals surface area contributed by atoms with Gasteiger partial charge in [-0.05, 0) is 60.7 Å². The van der Waals surface area contributed by atoms with Crippen molar-refractivity contribution in [2.45, 2.75) is 49.1 Å². The fourth-order valence-corrected chi connectivity index (χ4v) is 7.89. The predicted octanol–water partition coefficient (Wildman–Crippen LogP) is 2.04. The van der Waals surface area contributed by atoms with Crippen LogP contribution < -0.4 is 4.72 Å². The summed E-state index contributed by atoms with van der Waals surface area (Å²) in [5.74, 6) is -0.358. The van der Waals surface area contributed by atoms with E-state index < -0.39 is 16.1 Å². The van der Waals surface area contributed by atoms with Crippen molar-refractivity contribution >= 4 is 54.4 Å². The molecule has 1 N–H and O–H groups in total. The number of halogens is 1. The summed E-state index contributed by atoms with van der Waals surface area (Å²) in [5, 5.41) is 1.69. The molecule has 3 amide bonds. The SMILES string of the molecule is COCCC(=O)N1CCN(CC2CCCN2C(=O)CN2CCCC(NS(=O)(=O)c3ccc4cc(Br)ccc4c3)C2=O)CC1. The summed E-state index contributed by atoms with van der Waals surface area (Å²) in [6.45, 7) is 5.04. The van der Waals surface area contributed by atoms with Crippen LogP contribution in [-0.2, 0) is 29.1 Å². The quantitative estimate of drug-likeness (QED) is 0.409. The molecule has 11 nitrogen and oxygen atoms in total. The van der Waals surface area contributed by atoms with Crippen LogP contribution in [0.3, 0.4) is 0 Å². The number of rotatable bonds is 10. The topological polar surface area (TPSA) is 120 Å². The largest absolute Gasteiger partial charge is 0.384 e. The number of hydrogen-bond donors (Lipinski definition) is 1. The number of fused-ring (bicyclic) bond motifs is 1. The molecule has 0 aromatic heterocycles. The van der Waals surface area contributed by atoms with Crippen LogP contribution in [0, 0.1) is 0 Å². The van der Waals surface area contributed by atoms with Crippen molar-refractivity contribution in [2.75, 3.05) is 66.1 Å². The number of sulfonamides is 1. The van der Waals surface area contributed by atoms with E-state index in [-0.39, 0.29) is 35.2 Å². The van der Waals surface area contributed by atoms with Crippen molar-refractivity contribution in [3.63, 3.8) is 0 Å². The van der Waals surface area contributed by atoms with Gasteiger partial charge in [0.1, 0.15) is 6.04 Å². The van der Waals surface area contributed by atoms with Gasteiger partial charge in [0.25, 0.3) is 0 Å². The lowest BCUT2D eigenvalue weighted by Crippen LogP contribution is -2.56. The normalized spacial score (nSPS) is 22.0. The first-order chi connectivity index (χ1) is 20.6. The lowest BCUT2D eigenvalue weighted by Gasteiger charge is -2.38. The number of hydrogen-bond acceptors (Lipinski definition) is 7. The lowest BCUT2D eigenvalue weighted by atomic mass is 10.1. The van der Waals surface area contributed by atoms with E-state index in [9.17, 15) is 22.8 Å². The summed E-state index contributed by atoms with van der Waals surface area (Å²) < 4.78 is 35.0. The van der Waals surface area contributed by atoms with Gasteiger partial charge in [0.15, 0.2) is 0 Å². The maximum atomic E-state index is 13.4. The second-order valence-electron chi connectivity index (χ2n) is 11.5. The summed E-state index contributed by atoms with van der Waals surface area (Å²) >= 11 is 3.43. The molecule has 3 saturated heterocycles. The molecule has 3 fully saturated rings. The molecule has 13 heteroatoms. The Morgan fingerprint density at radius 2 is 1.67 bits per heavy atom. The highest BCUT2D eigenvalue weighted by atomic mass is 79.9. The van der Waals surface area contributed by atoms with Gasteiger partial charge in [-0.25, -0.2) is 8.42 Å². The Hall–Kier alpha value is -2.58. The minimum absolute atomic E-state index is 0.0554. The number of nitrogens with one attached hydrogen (secondary N) is 1. The van der Waals surface area contributed by atoms with Gasteiger partial charge in [-0.2, -0.15) is 4.72 Å². The first kappa shape index (κ1) is 31.8. The van der Waals surface area contributed by atoms with Gasteiger partial charge in [-0.3, -0.25) is 19.3 Å². The molecule has 0 aliphatic carbocycles. The maximum absolute atomic E-state index is 13.4. The van der Waals surface area contributed by atoms with Crippen LogP contribution in [0.25, 0.3) is 10.8 Å². The summed E-state index contributed by atoms with van der Waals surface area (Å²) in [6, 6.07) is 9.65. The molecular formula is C30H40BrN5O6S. The molecule has 0 saturated carbocycles. The first-order valence-electron chi connectivity index (χ1n) is 14.9. The molecule has 3 heterocycles. The van der Waals surface area contributed by atoms with E-state index in [1.165, 1.54) is 4.90 Å². The molecule has 2 unspecified atom stereocenters. The lowest BCUT2D eigenvalue weighted by molar-refractivity contribution is -0.143. The zero-order valence-corrected chi connectivity index (χ0v) is 26.9. The Morgan fingerprint density at radius 3 is 2.44 bits per heavy atom. The molecular weight excluding hydrogens is 638 g/mol. The summed E-state index contributed by atoms with van der Waals surface area (Å²) in [7, 11) is -2.35. The molecule has 234 valence electrons. The van der Waals surface area contributed by atoms with E-state index in [1.807, 2.05) is 28.0 Å². The zero-order chi connectivity index (χ0) is 30.6. The molecule has 0 bridgehead atoms. The number of piperidine rings is 1. The second kappa shape index (κ2) is 14.0. The number of piperazine rings is 1. The number of methoxy groups -OCH3 is 1. The van der Waals surface area contributed by atoms with E-state index in [1.54, 1.807) is 25.3 Å². The van der Waals surface area contributed by atoms with Crippen LogP contribution in [0.15, 0.2) is 45.8 Å². The molecule has 0 radical (unpaired) electrons. The minimum Gasteiger partial charge on any atom is -0.384 e. The Balaban J connectivity index is 1.15. The number of carbonyl (C=O) groups is 3. The smallest absolute Gasteiger partial charge is 0.242 e. The van der Waals surface area contributed by atoms with E-state index >= 15 is 0 Å².